The van der Waals surface area contributed by atoms with Crippen LogP contribution in [0.5, 0.6) is 5.75 Å². The molecule has 4 nitrogen and oxygen atoms in total. The number of likely N-dealkylation sites (N-methyl/N-ethyl adjacent to an activating group) is 1. The Morgan fingerprint density at radius 1 is 1.20 bits per heavy atom. The lowest BCUT2D eigenvalue weighted by atomic mass is 9.94. The standard InChI is InChI=1S/C21H26N2O2/c1-23-15-17-9-10-20(25-2)13-18(17)12-19(23)14-22-21(24)11-8-16-6-4-3-5-7-16/h3-7,9-10,13,19H,8,11-12,14-15H2,1-2H3,(H,22,24)/t19-/m1/s1. The summed E-state index contributed by atoms with van der Waals surface area (Å²) >= 11 is 0. The molecule has 4 heteroatoms. The van der Waals surface area contributed by atoms with Gasteiger partial charge in [-0.05, 0) is 48.7 Å². The summed E-state index contributed by atoms with van der Waals surface area (Å²) in [5.41, 5.74) is 3.87. The topological polar surface area (TPSA) is 41.6 Å². The lowest BCUT2D eigenvalue weighted by molar-refractivity contribution is -0.121. The van der Waals surface area contributed by atoms with Crippen LogP contribution in [0.3, 0.4) is 0 Å². The third kappa shape index (κ3) is 4.60. The zero-order chi connectivity index (χ0) is 17.6. The minimum Gasteiger partial charge on any atom is -0.497 e. The van der Waals surface area contributed by atoms with Gasteiger partial charge in [0.15, 0.2) is 0 Å². The van der Waals surface area contributed by atoms with E-state index in [9.17, 15) is 4.79 Å². The number of nitrogens with zero attached hydrogens (tertiary/aromatic N) is 1. The quantitative estimate of drug-likeness (QED) is 0.881. The maximum absolute atomic E-state index is 12.2. The molecule has 1 atom stereocenters. The van der Waals surface area contributed by atoms with E-state index in [4.69, 9.17) is 4.74 Å². The predicted molar refractivity (Wildman–Crippen MR) is 99.7 cm³/mol. The molecule has 1 aliphatic rings. The van der Waals surface area contributed by atoms with E-state index in [1.807, 2.05) is 24.3 Å². The van der Waals surface area contributed by atoms with E-state index in [2.05, 4.69) is 41.5 Å². The van der Waals surface area contributed by atoms with Crippen molar-refractivity contribution in [2.45, 2.75) is 31.8 Å². The highest BCUT2D eigenvalue weighted by atomic mass is 16.5. The monoisotopic (exact) mass is 338 g/mol. The van der Waals surface area contributed by atoms with E-state index in [-0.39, 0.29) is 5.91 Å². The van der Waals surface area contributed by atoms with E-state index >= 15 is 0 Å². The number of methoxy groups -OCH3 is 1. The summed E-state index contributed by atoms with van der Waals surface area (Å²) in [6, 6.07) is 16.7. The smallest absolute Gasteiger partial charge is 0.220 e. The zero-order valence-electron chi connectivity index (χ0n) is 15.0. The van der Waals surface area contributed by atoms with Gasteiger partial charge in [0.05, 0.1) is 7.11 Å². The van der Waals surface area contributed by atoms with Gasteiger partial charge in [0.25, 0.3) is 0 Å². The van der Waals surface area contributed by atoms with Crippen molar-refractivity contribution in [3.05, 3.63) is 65.2 Å². The van der Waals surface area contributed by atoms with Gasteiger partial charge in [-0.1, -0.05) is 36.4 Å². The fourth-order valence-electron chi connectivity index (χ4n) is 3.33. The molecule has 25 heavy (non-hydrogen) atoms. The van der Waals surface area contributed by atoms with Crippen molar-refractivity contribution in [3.63, 3.8) is 0 Å². The van der Waals surface area contributed by atoms with E-state index < -0.39 is 0 Å². The zero-order valence-corrected chi connectivity index (χ0v) is 15.0. The Hall–Kier alpha value is -2.33. The van der Waals surface area contributed by atoms with Gasteiger partial charge in [0.1, 0.15) is 5.75 Å². The number of rotatable bonds is 6. The van der Waals surface area contributed by atoms with Gasteiger partial charge in [-0.2, -0.15) is 0 Å². The van der Waals surface area contributed by atoms with Crippen molar-refractivity contribution >= 4 is 5.91 Å². The van der Waals surface area contributed by atoms with E-state index in [1.165, 1.54) is 16.7 Å². The van der Waals surface area contributed by atoms with Gasteiger partial charge in [-0.15, -0.1) is 0 Å². The van der Waals surface area contributed by atoms with Gasteiger partial charge >= 0.3 is 0 Å². The first-order valence-corrected chi connectivity index (χ1v) is 8.82. The van der Waals surface area contributed by atoms with Crippen LogP contribution in [0.2, 0.25) is 0 Å². The number of benzene rings is 2. The molecule has 0 saturated carbocycles. The van der Waals surface area contributed by atoms with Crippen LogP contribution in [-0.4, -0.2) is 37.6 Å². The summed E-state index contributed by atoms with van der Waals surface area (Å²) < 4.78 is 5.33. The number of carbonyl (C=O) groups is 1. The molecule has 0 saturated heterocycles. The molecule has 2 aromatic rings. The molecule has 0 aromatic heterocycles. The highest BCUT2D eigenvalue weighted by Gasteiger charge is 2.24. The summed E-state index contributed by atoms with van der Waals surface area (Å²) in [6.45, 7) is 1.59. The first-order chi connectivity index (χ1) is 12.2. The minimum absolute atomic E-state index is 0.119. The van der Waals surface area contributed by atoms with Crippen molar-refractivity contribution in [3.8, 4) is 5.75 Å². The maximum atomic E-state index is 12.2. The molecule has 0 bridgehead atoms. The van der Waals surface area contributed by atoms with E-state index in [1.54, 1.807) is 7.11 Å². The van der Waals surface area contributed by atoms with Crippen LogP contribution >= 0.6 is 0 Å². The van der Waals surface area contributed by atoms with Crippen molar-refractivity contribution in [1.82, 2.24) is 10.2 Å². The van der Waals surface area contributed by atoms with Crippen LogP contribution in [0.4, 0.5) is 0 Å². The average Bonchev–Trinajstić information content (AvgIpc) is 2.65. The summed E-state index contributed by atoms with van der Waals surface area (Å²) in [6.07, 6.45) is 2.25. The van der Waals surface area contributed by atoms with Gasteiger partial charge in [0, 0.05) is 25.6 Å². The number of amides is 1. The second kappa shape index (κ2) is 8.17. The number of carbonyl (C=O) groups excluding carboxylic acids is 1. The van der Waals surface area contributed by atoms with Crippen LogP contribution in [0.25, 0.3) is 0 Å². The molecular weight excluding hydrogens is 312 g/mol. The Morgan fingerprint density at radius 3 is 2.76 bits per heavy atom. The SMILES string of the molecule is COc1ccc2c(c1)C[C@H](CNC(=O)CCc1ccccc1)N(C)C2. The average molecular weight is 338 g/mol. The van der Waals surface area contributed by atoms with Crippen LogP contribution in [0.15, 0.2) is 48.5 Å². The molecule has 0 radical (unpaired) electrons. The number of ether oxygens (including phenoxy) is 1. The maximum Gasteiger partial charge on any atom is 0.220 e. The van der Waals surface area contributed by atoms with Crippen molar-refractivity contribution in [2.24, 2.45) is 0 Å². The van der Waals surface area contributed by atoms with Crippen molar-refractivity contribution < 1.29 is 9.53 Å². The highest BCUT2D eigenvalue weighted by Crippen LogP contribution is 2.25. The predicted octanol–water partition coefficient (Wildman–Crippen LogP) is 2.80. The normalized spacial score (nSPS) is 17.0. The fraction of sp³-hybridized carbons (Fsp3) is 0.381. The second-order valence-corrected chi connectivity index (χ2v) is 6.70. The van der Waals surface area contributed by atoms with Crippen LogP contribution in [-0.2, 0) is 24.2 Å². The highest BCUT2D eigenvalue weighted by molar-refractivity contribution is 5.76. The Balaban J connectivity index is 1.51. The Labute approximate surface area is 149 Å². The number of aryl methyl sites for hydroxylation is 1. The molecule has 0 fully saturated rings. The Morgan fingerprint density at radius 2 is 2.00 bits per heavy atom. The molecule has 0 unspecified atom stereocenters. The molecule has 1 heterocycles. The van der Waals surface area contributed by atoms with Crippen LogP contribution in [0.1, 0.15) is 23.1 Å². The number of hydrogen-bond acceptors (Lipinski definition) is 3. The number of fused-ring (bicyclic) bond motifs is 1. The third-order valence-electron chi connectivity index (χ3n) is 4.93. The molecule has 0 spiro atoms. The molecule has 1 amide bonds. The third-order valence-corrected chi connectivity index (χ3v) is 4.93. The van der Waals surface area contributed by atoms with Crippen LogP contribution in [0, 0.1) is 0 Å². The molecular formula is C21H26N2O2. The van der Waals surface area contributed by atoms with Gasteiger partial charge in [-0.25, -0.2) is 0 Å². The molecule has 1 aliphatic heterocycles. The Kier molecular flexibility index (Phi) is 5.71. The lowest BCUT2D eigenvalue weighted by Crippen LogP contribution is -2.45. The fourth-order valence-corrected chi connectivity index (χ4v) is 3.33. The first-order valence-electron chi connectivity index (χ1n) is 8.82. The summed E-state index contributed by atoms with van der Waals surface area (Å²) in [5.74, 6) is 1.02. The van der Waals surface area contributed by atoms with Crippen LogP contribution < -0.4 is 10.1 Å². The molecule has 0 aliphatic carbocycles. The summed E-state index contributed by atoms with van der Waals surface area (Å²) in [7, 11) is 3.81. The first kappa shape index (κ1) is 17.5. The number of hydrogen-bond donors (Lipinski definition) is 1. The van der Waals surface area contributed by atoms with Crippen molar-refractivity contribution in [1.29, 1.82) is 0 Å². The van der Waals surface area contributed by atoms with Gasteiger partial charge in [-0.3, -0.25) is 9.69 Å². The molecule has 132 valence electrons. The van der Waals surface area contributed by atoms with Crippen molar-refractivity contribution in [2.75, 3.05) is 20.7 Å². The van der Waals surface area contributed by atoms with E-state index in [0.717, 1.165) is 25.1 Å². The lowest BCUT2D eigenvalue weighted by Gasteiger charge is -2.34. The van der Waals surface area contributed by atoms with Gasteiger partial charge < -0.3 is 10.1 Å². The minimum atomic E-state index is 0.119. The molecule has 1 N–H and O–H groups in total. The summed E-state index contributed by atoms with van der Waals surface area (Å²) in [5, 5.41) is 3.10. The second-order valence-electron chi connectivity index (χ2n) is 6.70. The largest absolute Gasteiger partial charge is 0.497 e. The molecule has 3 rings (SSSR count). The number of nitrogens with one attached hydrogen (secondary N) is 1. The Bertz CT molecular complexity index is 715. The summed E-state index contributed by atoms with van der Waals surface area (Å²) in [4.78, 5) is 14.5. The van der Waals surface area contributed by atoms with E-state index in [0.29, 0.717) is 19.0 Å². The molecule has 2 aromatic carbocycles. The van der Waals surface area contributed by atoms with Gasteiger partial charge in [0.2, 0.25) is 5.91 Å².